The van der Waals surface area contributed by atoms with E-state index in [1.165, 1.54) is 19.1 Å². The summed E-state index contributed by atoms with van der Waals surface area (Å²) in [5.41, 5.74) is 0. The molecule has 1 aromatic rings. The van der Waals surface area contributed by atoms with Crippen molar-refractivity contribution in [3.8, 4) is 17.2 Å². The van der Waals surface area contributed by atoms with E-state index in [0.717, 1.165) is 0 Å². The molecule has 1 saturated heterocycles. The SMILES string of the molecule is COc1cc(OC)cc(OCC(=O)N(C)[C@@H]2CCS(=O)(=O)C2)c1. The van der Waals surface area contributed by atoms with Crippen LogP contribution in [-0.4, -0.2) is 64.6 Å². The molecule has 0 aliphatic carbocycles. The zero-order valence-corrected chi connectivity index (χ0v) is 14.3. The van der Waals surface area contributed by atoms with Gasteiger partial charge in [-0.25, -0.2) is 8.42 Å². The number of amides is 1. The van der Waals surface area contributed by atoms with E-state index in [1.54, 1.807) is 25.2 Å². The van der Waals surface area contributed by atoms with Gasteiger partial charge in [0.1, 0.15) is 17.2 Å². The van der Waals surface area contributed by atoms with Gasteiger partial charge >= 0.3 is 0 Å². The summed E-state index contributed by atoms with van der Waals surface area (Å²) in [7, 11) is 1.63. The van der Waals surface area contributed by atoms with Crippen molar-refractivity contribution in [1.82, 2.24) is 4.90 Å². The van der Waals surface area contributed by atoms with Crippen molar-refractivity contribution in [2.24, 2.45) is 0 Å². The van der Waals surface area contributed by atoms with Crippen LogP contribution in [0.15, 0.2) is 18.2 Å². The van der Waals surface area contributed by atoms with E-state index in [-0.39, 0.29) is 30.1 Å². The first-order chi connectivity index (χ1) is 10.8. The van der Waals surface area contributed by atoms with Crippen LogP contribution >= 0.6 is 0 Å². The highest BCUT2D eigenvalue weighted by molar-refractivity contribution is 7.91. The van der Waals surface area contributed by atoms with Crippen LogP contribution in [0.3, 0.4) is 0 Å². The molecule has 0 radical (unpaired) electrons. The van der Waals surface area contributed by atoms with E-state index >= 15 is 0 Å². The first-order valence-corrected chi connectivity index (χ1v) is 8.98. The molecule has 1 heterocycles. The molecule has 1 aliphatic heterocycles. The van der Waals surface area contributed by atoms with Gasteiger partial charge in [0.25, 0.3) is 5.91 Å². The van der Waals surface area contributed by atoms with Crippen molar-refractivity contribution in [3.63, 3.8) is 0 Å². The average molecular weight is 343 g/mol. The second-order valence-corrected chi connectivity index (χ2v) is 7.63. The fraction of sp³-hybridized carbons (Fsp3) is 0.533. The Morgan fingerprint density at radius 2 is 1.74 bits per heavy atom. The lowest BCUT2D eigenvalue weighted by molar-refractivity contribution is -0.133. The van der Waals surface area contributed by atoms with E-state index < -0.39 is 9.84 Å². The Balaban J connectivity index is 1.96. The molecule has 7 nitrogen and oxygen atoms in total. The Hall–Kier alpha value is -1.96. The van der Waals surface area contributed by atoms with Crippen LogP contribution in [0, 0.1) is 0 Å². The second-order valence-electron chi connectivity index (χ2n) is 5.40. The predicted octanol–water partition coefficient (Wildman–Crippen LogP) is 0.728. The molecule has 2 rings (SSSR count). The average Bonchev–Trinajstić information content (AvgIpc) is 2.91. The zero-order chi connectivity index (χ0) is 17.0. The number of rotatable bonds is 6. The molecular formula is C15H21NO6S. The van der Waals surface area contributed by atoms with E-state index in [9.17, 15) is 13.2 Å². The summed E-state index contributed by atoms with van der Waals surface area (Å²) in [5, 5.41) is 0. The maximum atomic E-state index is 12.2. The summed E-state index contributed by atoms with van der Waals surface area (Å²) in [6, 6.07) is 4.71. The van der Waals surface area contributed by atoms with Crippen LogP contribution < -0.4 is 14.2 Å². The maximum Gasteiger partial charge on any atom is 0.260 e. The molecule has 1 aliphatic rings. The minimum atomic E-state index is -3.03. The van der Waals surface area contributed by atoms with Crippen LogP contribution in [0.4, 0.5) is 0 Å². The lowest BCUT2D eigenvalue weighted by Crippen LogP contribution is -2.40. The molecule has 1 fully saturated rings. The van der Waals surface area contributed by atoms with E-state index in [1.807, 2.05) is 0 Å². The van der Waals surface area contributed by atoms with Crippen LogP contribution in [0.25, 0.3) is 0 Å². The summed E-state index contributed by atoms with van der Waals surface area (Å²) in [4.78, 5) is 13.6. The van der Waals surface area contributed by atoms with Gasteiger partial charge in [-0.2, -0.15) is 0 Å². The molecule has 0 aromatic heterocycles. The fourth-order valence-electron chi connectivity index (χ4n) is 2.40. The molecule has 0 bridgehead atoms. The third-order valence-corrected chi connectivity index (χ3v) is 5.59. The largest absolute Gasteiger partial charge is 0.496 e. The number of hydrogen-bond acceptors (Lipinski definition) is 6. The van der Waals surface area contributed by atoms with E-state index in [0.29, 0.717) is 23.7 Å². The number of nitrogens with zero attached hydrogens (tertiary/aromatic N) is 1. The maximum absolute atomic E-state index is 12.2. The quantitative estimate of drug-likeness (QED) is 0.757. The Labute approximate surface area is 136 Å². The normalized spacial score (nSPS) is 19.2. The summed E-state index contributed by atoms with van der Waals surface area (Å²) in [5.74, 6) is 1.44. The number of benzene rings is 1. The number of ether oxygens (including phenoxy) is 3. The van der Waals surface area contributed by atoms with Gasteiger partial charge in [0.15, 0.2) is 16.4 Å². The molecule has 0 saturated carbocycles. The molecule has 128 valence electrons. The van der Waals surface area contributed by atoms with Crippen molar-refractivity contribution in [1.29, 1.82) is 0 Å². The van der Waals surface area contributed by atoms with Gasteiger partial charge < -0.3 is 19.1 Å². The first kappa shape index (κ1) is 17.4. The molecule has 1 atom stereocenters. The Morgan fingerprint density at radius 3 is 2.22 bits per heavy atom. The van der Waals surface area contributed by atoms with Gasteiger partial charge in [-0.15, -0.1) is 0 Å². The number of likely N-dealkylation sites (N-methyl/N-ethyl adjacent to an activating group) is 1. The van der Waals surface area contributed by atoms with Gasteiger partial charge in [-0.3, -0.25) is 4.79 Å². The van der Waals surface area contributed by atoms with Crippen LogP contribution in [0.1, 0.15) is 6.42 Å². The third kappa shape index (κ3) is 4.51. The van der Waals surface area contributed by atoms with E-state index in [2.05, 4.69) is 0 Å². The fourth-order valence-corrected chi connectivity index (χ4v) is 4.17. The van der Waals surface area contributed by atoms with Gasteiger partial charge in [0, 0.05) is 31.3 Å². The zero-order valence-electron chi connectivity index (χ0n) is 13.4. The van der Waals surface area contributed by atoms with Gasteiger partial charge in [-0.1, -0.05) is 0 Å². The highest BCUT2D eigenvalue weighted by Gasteiger charge is 2.32. The molecule has 23 heavy (non-hydrogen) atoms. The van der Waals surface area contributed by atoms with Crippen LogP contribution in [0.5, 0.6) is 17.2 Å². The third-order valence-electron chi connectivity index (χ3n) is 3.84. The van der Waals surface area contributed by atoms with Crippen molar-refractivity contribution in [2.45, 2.75) is 12.5 Å². The number of methoxy groups -OCH3 is 2. The number of hydrogen-bond donors (Lipinski definition) is 0. The lowest BCUT2D eigenvalue weighted by atomic mass is 10.2. The minimum absolute atomic E-state index is 0.0161. The number of carbonyl (C=O) groups is 1. The van der Waals surface area contributed by atoms with Crippen molar-refractivity contribution < 1.29 is 27.4 Å². The van der Waals surface area contributed by atoms with Crippen LogP contribution in [-0.2, 0) is 14.6 Å². The van der Waals surface area contributed by atoms with Gasteiger partial charge in [0.05, 0.1) is 25.7 Å². The molecule has 0 unspecified atom stereocenters. The second kappa shape index (κ2) is 7.08. The smallest absolute Gasteiger partial charge is 0.260 e. The minimum Gasteiger partial charge on any atom is -0.496 e. The topological polar surface area (TPSA) is 82.1 Å². The summed E-state index contributed by atoms with van der Waals surface area (Å²) in [6.07, 6.45) is 0.470. The summed E-state index contributed by atoms with van der Waals surface area (Å²) >= 11 is 0. The van der Waals surface area contributed by atoms with Gasteiger partial charge in [0.2, 0.25) is 0 Å². The summed E-state index contributed by atoms with van der Waals surface area (Å²) in [6.45, 7) is -0.177. The lowest BCUT2D eigenvalue weighted by Gasteiger charge is -2.23. The highest BCUT2D eigenvalue weighted by Crippen LogP contribution is 2.27. The van der Waals surface area contributed by atoms with Crippen molar-refractivity contribution in [2.75, 3.05) is 39.4 Å². The Kier molecular flexibility index (Phi) is 5.35. The monoisotopic (exact) mass is 343 g/mol. The number of sulfone groups is 1. The van der Waals surface area contributed by atoms with E-state index in [4.69, 9.17) is 14.2 Å². The summed E-state index contributed by atoms with van der Waals surface area (Å²) < 4.78 is 38.7. The van der Waals surface area contributed by atoms with Crippen LogP contribution in [0.2, 0.25) is 0 Å². The van der Waals surface area contributed by atoms with Crippen molar-refractivity contribution in [3.05, 3.63) is 18.2 Å². The predicted molar refractivity (Wildman–Crippen MR) is 84.9 cm³/mol. The molecule has 0 spiro atoms. The molecule has 1 aromatic carbocycles. The molecule has 0 N–H and O–H groups in total. The Bertz CT molecular complexity index is 650. The van der Waals surface area contributed by atoms with Crippen molar-refractivity contribution >= 4 is 15.7 Å². The number of carbonyl (C=O) groups excluding carboxylic acids is 1. The standard InChI is InChI=1S/C15H21NO6S/c1-16(11-4-5-23(18,19)10-11)15(17)9-22-14-7-12(20-2)6-13(8-14)21-3/h6-8,11H,4-5,9-10H2,1-3H3/t11-/m1/s1. The Morgan fingerprint density at radius 1 is 1.17 bits per heavy atom. The molecular weight excluding hydrogens is 322 g/mol. The first-order valence-electron chi connectivity index (χ1n) is 7.16. The highest BCUT2D eigenvalue weighted by atomic mass is 32.2. The molecule has 1 amide bonds. The van der Waals surface area contributed by atoms with Gasteiger partial charge in [-0.05, 0) is 6.42 Å². The molecule has 8 heteroatoms.